The number of ether oxygens (including phenoxy) is 2. The van der Waals surface area contributed by atoms with Crippen LogP contribution in [0.15, 0.2) is 30.3 Å². The lowest BCUT2D eigenvalue weighted by Gasteiger charge is -2.17. The second-order valence-corrected chi connectivity index (χ2v) is 4.43. The van der Waals surface area contributed by atoms with Gasteiger partial charge in [0.1, 0.15) is 0 Å². The molecule has 0 amide bonds. The summed E-state index contributed by atoms with van der Waals surface area (Å²) in [6.07, 6.45) is 2.69. The maximum atomic E-state index is 13.8. The fraction of sp³-hybridized carbons (Fsp3) is 0.400. The molecule has 2 rings (SSSR count). The number of carbonyl (C=O) groups is 1. The zero-order valence-corrected chi connectivity index (χ0v) is 11.2. The third kappa shape index (κ3) is 3.04. The second kappa shape index (κ2) is 6.13. The van der Waals surface area contributed by atoms with E-state index in [0.29, 0.717) is 13.2 Å². The van der Waals surface area contributed by atoms with E-state index < -0.39 is 11.9 Å². The summed E-state index contributed by atoms with van der Waals surface area (Å²) in [5.74, 6) is -5.13. The molecule has 20 heavy (non-hydrogen) atoms. The minimum Gasteiger partial charge on any atom is -0.461 e. The Hall–Kier alpha value is -1.75. The van der Waals surface area contributed by atoms with Gasteiger partial charge in [-0.3, -0.25) is 0 Å². The van der Waals surface area contributed by atoms with Gasteiger partial charge in [0.15, 0.2) is 0 Å². The minimum absolute atomic E-state index is 0.0700. The van der Waals surface area contributed by atoms with E-state index in [9.17, 15) is 13.6 Å². The molecule has 1 aliphatic heterocycles. The molecule has 0 unspecified atom stereocenters. The first-order chi connectivity index (χ1) is 9.55. The average Bonchev–Trinajstić information content (AvgIpc) is 2.48. The molecule has 0 saturated heterocycles. The minimum atomic E-state index is -3.61. The van der Waals surface area contributed by atoms with Crippen molar-refractivity contribution in [3.05, 3.63) is 41.5 Å². The fourth-order valence-electron chi connectivity index (χ4n) is 2.02. The maximum Gasteiger partial charge on any atom is 0.381 e. The predicted octanol–water partition coefficient (Wildman–Crippen LogP) is 3.15. The molecule has 1 aromatic rings. The van der Waals surface area contributed by atoms with Crippen LogP contribution in [0.25, 0.3) is 5.57 Å². The molecule has 0 atom stereocenters. The van der Waals surface area contributed by atoms with Crippen LogP contribution in [0.4, 0.5) is 8.78 Å². The van der Waals surface area contributed by atoms with E-state index in [1.54, 1.807) is 12.1 Å². The first-order valence-corrected chi connectivity index (χ1v) is 6.48. The number of halogens is 2. The largest absolute Gasteiger partial charge is 0.461 e. The van der Waals surface area contributed by atoms with E-state index in [-0.39, 0.29) is 12.2 Å². The van der Waals surface area contributed by atoms with Gasteiger partial charge in [0.05, 0.1) is 19.8 Å². The molecule has 1 heterocycles. The Bertz CT molecular complexity index is 506. The third-order valence-corrected chi connectivity index (χ3v) is 3.11. The highest BCUT2D eigenvalue weighted by atomic mass is 19.3. The zero-order valence-electron chi connectivity index (χ0n) is 11.2. The third-order valence-electron chi connectivity index (χ3n) is 3.11. The quantitative estimate of drug-likeness (QED) is 0.796. The van der Waals surface area contributed by atoms with Gasteiger partial charge in [-0.15, -0.1) is 0 Å². The molecule has 0 aliphatic carbocycles. The number of esters is 1. The first-order valence-electron chi connectivity index (χ1n) is 6.48. The molecule has 0 spiro atoms. The number of rotatable bonds is 4. The Labute approximate surface area is 116 Å². The molecule has 0 bridgehead atoms. The van der Waals surface area contributed by atoms with Crippen molar-refractivity contribution in [2.24, 2.45) is 0 Å². The fourth-order valence-corrected chi connectivity index (χ4v) is 2.02. The van der Waals surface area contributed by atoms with Crippen molar-refractivity contribution in [1.82, 2.24) is 0 Å². The summed E-state index contributed by atoms with van der Waals surface area (Å²) in [7, 11) is 0. The van der Waals surface area contributed by atoms with Crippen LogP contribution in [0, 0.1) is 0 Å². The van der Waals surface area contributed by atoms with Gasteiger partial charge in [0.2, 0.25) is 0 Å². The predicted molar refractivity (Wildman–Crippen MR) is 70.4 cm³/mol. The number of hydrogen-bond acceptors (Lipinski definition) is 3. The number of benzene rings is 1. The number of alkyl halides is 2. The lowest BCUT2D eigenvalue weighted by molar-refractivity contribution is -0.173. The van der Waals surface area contributed by atoms with Gasteiger partial charge in [-0.05, 0) is 24.5 Å². The lowest BCUT2D eigenvalue weighted by atomic mass is 9.98. The Morgan fingerprint density at radius 3 is 2.60 bits per heavy atom. The summed E-state index contributed by atoms with van der Waals surface area (Å²) in [5, 5.41) is 0. The molecule has 0 radical (unpaired) electrons. The molecule has 0 aromatic heterocycles. The summed E-state index contributed by atoms with van der Waals surface area (Å²) in [5.41, 5.74) is 1.59. The van der Waals surface area contributed by atoms with Crippen LogP contribution in [0.1, 0.15) is 24.5 Å². The Kier molecular flexibility index (Phi) is 4.49. The number of carbonyl (C=O) groups excluding carboxylic acids is 1. The Morgan fingerprint density at radius 1 is 1.35 bits per heavy atom. The van der Waals surface area contributed by atoms with E-state index in [1.807, 2.05) is 6.08 Å². The molecule has 0 saturated carbocycles. The molecule has 1 aliphatic rings. The summed E-state index contributed by atoms with van der Waals surface area (Å²) in [6, 6.07) is 5.73. The van der Waals surface area contributed by atoms with Gasteiger partial charge in [0, 0.05) is 5.56 Å². The van der Waals surface area contributed by atoms with Crippen LogP contribution in [-0.2, 0) is 20.2 Å². The topological polar surface area (TPSA) is 35.5 Å². The first kappa shape index (κ1) is 14.7. The van der Waals surface area contributed by atoms with Crippen molar-refractivity contribution in [2.75, 3.05) is 19.8 Å². The van der Waals surface area contributed by atoms with Crippen LogP contribution in [0.3, 0.4) is 0 Å². The highest BCUT2D eigenvalue weighted by Gasteiger charge is 2.42. The monoisotopic (exact) mass is 282 g/mol. The molecular formula is C15H16F2O3. The van der Waals surface area contributed by atoms with Gasteiger partial charge < -0.3 is 9.47 Å². The van der Waals surface area contributed by atoms with Crippen LogP contribution in [0.2, 0.25) is 0 Å². The molecule has 0 N–H and O–H groups in total. The van der Waals surface area contributed by atoms with Crippen molar-refractivity contribution in [2.45, 2.75) is 19.3 Å². The smallest absolute Gasteiger partial charge is 0.381 e. The molecule has 3 nitrogen and oxygen atoms in total. The molecule has 5 heteroatoms. The van der Waals surface area contributed by atoms with Crippen LogP contribution < -0.4 is 0 Å². The average molecular weight is 282 g/mol. The normalized spacial score (nSPS) is 15.7. The van der Waals surface area contributed by atoms with E-state index in [1.165, 1.54) is 19.1 Å². The highest BCUT2D eigenvalue weighted by Crippen LogP contribution is 2.31. The van der Waals surface area contributed by atoms with Crippen LogP contribution in [-0.4, -0.2) is 25.8 Å². The SMILES string of the molecule is CCOC(=O)C(F)(F)c1ccc(C2=CCOCC2)cc1. The zero-order chi connectivity index (χ0) is 14.6. The second-order valence-electron chi connectivity index (χ2n) is 4.43. The van der Waals surface area contributed by atoms with E-state index >= 15 is 0 Å². The van der Waals surface area contributed by atoms with Crippen molar-refractivity contribution in [3.63, 3.8) is 0 Å². The van der Waals surface area contributed by atoms with E-state index in [4.69, 9.17) is 4.74 Å². The van der Waals surface area contributed by atoms with Crippen molar-refractivity contribution in [1.29, 1.82) is 0 Å². The van der Waals surface area contributed by atoms with Gasteiger partial charge in [0.25, 0.3) is 0 Å². The molecule has 0 fully saturated rings. The van der Waals surface area contributed by atoms with Gasteiger partial charge in [-0.25, -0.2) is 4.79 Å². The molecule has 108 valence electrons. The van der Waals surface area contributed by atoms with Gasteiger partial charge >= 0.3 is 11.9 Å². The van der Waals surface area contributed by atoms with Gasteiger partial charge in [-0.1, -0.05) is 30.3 Å². The molecule has 1 aromatic carbocycles. The van der Waals surface area contributed by atoms with Crippen molar-refractivity contribution in [3.8, 4) is 0 Å². The summed E-state index contributed by atoms with van der Waals surface area (Å²) in [4.78, 5) is 11.3. The van der Waals surface area contributed by atoms with E-state index in [2.05, 4.69) is 4.74 Å². The maximum absolute atomic E-state index is 13.8. The standard InChI is InChI=1S/C15H16F2O3/c1-2-20-14(18)15(16,17)13-5-3-11(4-6-13)12-7-9-19-10-8-12/h3-7H,2,8-10H2,1H3. The lowest BCUT2D eigenvalue weighted by Crippen LogP contribution is -2.28. The van der Waals surface area contributed by atoms with E-state index in [0.717, 1.165) is 17.6 Å². The van der Waals surface area contributed by atoms with Crippen LogP contribution in [0.5, 0.6) is 0 Å². The van der Waals surface area contributed by atoms with Gasteiger partial charge in [-0.2, -0.15) is 8.78 Å². The summed E-state index contributed by atoms with van der Waals surface area (Å²) in [6.45, 7) is 2.59. The summed E-state index contributed by atoms with van der Waals surface area (Å²) >= 11 is 0. The highest BCUT2D eigenvalue weighted by molar-refractivity contribution is 5.79. The van der Waals surface area contributed by atoms with Crippen LogP contribution >= 0.6 is 0 Å². The van der Waals surface area contributed by atoms with Crippen molar-refractivity contribution < 1.29 is 23.0 Å². The molecular weight excluding hydrogens is 266 g/mol. The summed E-state index contributed by atoms with van der Waals surface area (Å²) < 4.78 is 37.2. The Morgan fingerprint density at radius 2 is 2.05 bits per heavy atom. The van der Waals surface area contributed by atoms with Crippen molar-refractivity contribution >= 4 is 11.5 Å². The number of hydrogen-bond donors (Lipinski definition) is 0. The Balaban J connectivity index is 2.19.